The maximum Gasteiger partial charge on any atom is 0.308 e. The van der Waals surface area contributed by atoms with Crippen molar-refractivity contribution in [3.05, 3.63) is 29.3 Å². The summed E-state index contributed by atoms with van der Waals surface area (Å²) in [7, 11) is 0. The van der Waals surface area contributed by atoms with Gasteiger partial charge in [0.2, 0.25) is 0 Å². The number of carboxylic acid groups (broad SMARTS) is 1. The molecule has 0 aliphatic rings. The van der Waals surface area contributed by atoms with Crippen molar-refractivity contribution in [1.82, 2.24) is 20.2 Å². The molecule has 106 valence electrons. The maximum absolute atomic E-state index is 11.1. The average molecular weight is 274 g/mol. The second kappa shape index (κ2) is 5.40. The summed E-state index contributed by atoms with van der Waals surface area (Å²) in [6.07, 6.45) is 0. The SMILES string of the molecule is Cc1cc(C)cc(-c2nnnn2C(C)C(C)C(=O)O)c1. The van der Waals surface area contributed by atoms with Crippen LogP contribution in [0.15, 0.2) is 18.2 Å². The summed E-state index contributed by atoms with van der Waals surface area (Å²) < 4.78 is 1.58. The van der Waals surface area contributed by atoms with Gasteiger partial charge >= 0.3 is 5.97 Å². The fourth-order valence-electron chi connectivity index (χ4n) is 2.18. The monoisotopic (exact) mass is 274 g/mol. The number of aliphatic carboxylic acids is 1. The number of aromatic nitrogens is 4. The van der Waals surface area contributed by atoms with Crippen molar-refractivity contribution in [1.29, 1.82) is 0 Å². The Kier molecular flexibility index (Phi) is 3.83. The standard InChI is InChI=1S/C14H18N4O2/c1-8-5-9(2)7-12(6-8)13-15-16-17-18(13)11(4)10(3)14(19)20/h5-7,10-11H,1-4H3,(H,19,20). The molecular weight excluding hydrogens is 256 g/mol. The number of nitrogens with zero attached hydrogens (tertiary/aromatic N) is 4. The van der Waals surface area contributed by atoms with Crippen LogP contribution < -0.4 is 0 Å². The van der Waals surface area contributed by atoms with E-state index in [0.29, 0.717) is 5.82 Å². The third-order valence-electron chi connectivity index (χ3n) is 3.47. The van der Waals surface area contributed by atoms with Crippen molar-refractivity contribution in [2.75, 3.05) is 0 Å². The van der Waals surface area contributed by atoms with Gasteiger partial charge in [-0.2, -0.15) is 0 Å². The molecule has 0 radical (unpaired) electrons. The van der Waals surface area contributed by atoms with Gasteiger partial charge < -0.3 is 5.11 Å². The summed E-state index contributed by atoms with van der Waals surface area (Å²) in [6.45, 7) is 7.48. The highest BCUT2D eigenvalue weighted by atomic mass is 16.4. The molecule has 1 N–H and O–H groups in total. The summed E-state index contributed by atoms with van der Waals surface area (Å²) >= 11 is 0. The largest absolute Gasteiger partial charge is 0.481 e. The minimum atomic E-state index is -0.862. The Morgan fingerprint density at radius 1 is 1.20 bits per heavy atom. The van der Waals surface area contributed by atoms with E-state index >= 15 is 0 Å². The first-order chi connectivity index (χ1) is 9.40. The molecule has 6 heteroatoms. The van der Waals surface area contributed by atoms with E-state index in [2.05, 4.69) is 21.6 Å². The first-order valence-corrected chi connectivity index (χ1v) is 6.49. The first kappa shape index (κ1) is 14.2. The van der Waals surface area contributed by atoms with Gasteiger partial charge in [0, 0.05) is 5.56 Å². The lowest BCUT2D eigenvalue weighted by molar-refractivity contribution is -0.142. The van der Waals surface area contributed by atoms with Crippen molar-refractivity contribution >= 4 is 5.97 Å². The Hall–Kier alpha value is -2.24. The highest BCUT2D eigenvalue weighted by molar-refractivity contribution is 5.70. The number of carbonyl (C=O) groups is 1. The van der Waals surface area contributed by atoms with Crippen LogP contribution in [0, 0.1) is 19.8 Å². The summed E-state index contributed by atoms with van der Waals surface area (Å²) in [5, 5.41) is 20.8. The minimum Gasteiger partial charge on any atom is -0.481 e. The molecule has 2 unspecified atom stereocenters. The lowest BCUT2D eigenvalue weighted by Crippen LogP contribution is -2.23. The molecule has 6 nitrogen and oxygen atoms in total. The number of carboxylic acids is 1. The average Bonchev–Trinajstić information content (AvgIpc) is 2.84. The Balaban J connectivity index is 2.45. The van der Waals surface area contributed by atoms with E-state index in [9.17, 15) is 4.79 Å². The molecule has 0 spiro atoms. The van der Waals surface area contributed by atoms with Crippen LogP contribution in [0.2, 0.25) is 0 Å². The molecule has 2 aromatic rings. The predicted molar refractivity (Wildman–Crippen MR) is 74.2 cm³/mol. The van der Waals surface area contributed by atoms with Gasteiger partial charge in [-0.1, -0.05) is 17.2 Å². The third-order valence-corrected chi connectivity index (χ3v) is 3.47. The van der Waals surface area contributed by atoms with Crippen LogP contribution in [0.1, 0.15) is 31.0 Å². The fraction of sp³-hybridized carbons (Fsp3) is 0.429. The molecule has 0 saturated carbocycles. The number of rotatable bonds is 4. The minimum absolute atomic E-state index is 0.321. The zero-order valence-corrected chi connectivity index (χ0v) is 12.0. The number of aryl methyl sites for hydroxylation is 2. The van der Waals surface area contributed by atoms with Crippen molar-refractivity contribution in [3.8, 4) is 11.4 Å². The molecule has 1 aromatic carbocycles. The quantitative estimate of drug-likeness (QED) is 0.924. The molecule has 0 aliphatic heterocycles. The van der Waals surface area contributed by atoms with Crippen molar-refractivity contribution in [2.24, 2.45) is 5.92 Å². The predicted octanol–water partition coefficient (Wildman–Crippen LogP) is 2.24. The van der Waals surface area contributed by atoms with Gasteiger partial charge in [-0.05, 0) is 50.3 Å². The van der Waals surface area contributed by atoms with Crippen LogP contribution in [0.25, 0.3) is 11.4 Å². The molecule has 2 atom stereocenters. The van der Waals surface area contributed by atoms with Gasteiger partial charge in [-0.25, -0.2) is 4.68 Å². The number of hydrogen-bond acceptors (Lipinski definition) is 4. The molecule has 0 bridgehead atoms. The van der Waals surface area contributed by atoms with Crippen LogP contribution in [0.3, 0.4) is 0 Å². The first-order valence-electron chi connectivity index (χ1n) is 6.49. The van der Waals surface area contributed by atoms with Crippen LogP contribution in [0.4, 0.5) is 0 Å². The maximum atomic E-state index is 11.1. The van der Waals surface area contributed by atoms with E-state index in [1.165, 1.54) is 0 Å². The lowest BCUT2D eigenvalue weighted by atomic mass is 10.0. The molecule has 20 heavy (non-hydrogen) atoms. The van der Waals surface area contributed by atoms with Crippen LogP contribution >= 0.6 is 0 Å². The van der Waals surface area contributed by atoms with E-state index in [-0.39, 0.29) is 6.04 Å². The summed E-state index contributed by atoms with van der Waals surface area (Å²) in [5.41, 5.74) is 3.14. The van der Waals surface area contributed by atoms with E-state index in [0.717, 1.165) is 16.7 Å². The van der Waals surface area contributed by atoms with E-state index in [4.69, 9.17) is 5.11 Å². The number of tetrazole rings is 1. The zero-order valence-electron chi connectivity index (χ0n) is 12.0. The van der Waals surface area contributed by atoms with E-state index in [1.807, 2.05) is 26.0 Å². The summed E-state index contributed by atoms with van der Waals surface area (Å²) in [6, 6.07) is 5.74. The molecule has 1 heterocycles. The number of hydrogen-bond donors (Lipinski definition) is 1. The second-order valence-corrected chi connectivity index (χ2v) is 5.19. The summed E-state index contributed by atoms with van der Waals surface area (Å²) in [5.74, 6) is -0.833. The van der Waals surface area contributed by atoms with Gasteiger partial charge in [0.05, 0.1) is 12.0 Å². The third kappa shape index (κ3) is 2.68. The lowest BCUT2D eigenvalue weighted by Gasteiger charge is -2.17. The smallest absolute Gasteiger partial charge is 0.308 e. The van der Waals surface area contributed by atoms with Crippen LogP contribution in [0.5, 0.6) is 0 Å². The molecule has 0 saturated heterocycles. The molecular formula is C14H18N4O2. The van der Waals surface area contributed by atoms with Crippen molar-refractivity contribution < 1.29 is 9.90 Å². The fourth-order valence-corrected chi connectivity index (χ4v) is 2.18. The van der Waals surface area contributed by atoms with Crippen molar-refractivity contribution in [3.63, 3.8) is 0 Å². The van der Waals surface area contributed by atoms with Gasteiger partial charge in [-0.15, -0.1) is 5.10 Å². The highest BCUT2D eigenvalue weighted by Gasteiger charge is 2.25. The van der Waals surface area contributed by atoms with Crippen LogP contribution in [-0.4, -0.2) is 31.3 Å². The van der Waals surface area contributed by atoms with Crippen LogP contribution in [-0.2, 0) is 4.79 Å². The molecule has 0 amide bonds. The van der Waals surface area contributed by atoms with Gasteiger partial charge in [0.1, 0.15) is 0 Å². The molecule has 0 fully saturated rings. The number of benzene rings is 1. The van der Waals surface area contributed by atoms with E-state index in [1.54, 1.807) is 18.5 Å². The van der Waals surface area contributed by atoms with E-state index < -0.39 is 11.9 Å². The zero-order chi connectivity index (χ0) is 14.9. The highest BCUT2D eigenvalue weighted by Crippen LogP contribution is 2.25. The Morgan fingerprint density at radius 3 is 2.35 bits per heavy atom. The molecule has 0 aliphatic carbocycles. The normalized spacial score (nSPS) is 14.0. The Bertz CT molecular complexity index is 616. The molecule has 1 aromatic heterocycles. The summed E-state index contributed by atoms with van der Waals surface area (Å²) in [4.78, 5) is 11.1. The Labute approximate surface area is 117 Å². The Morgan fingerprint density at radius 2 is 1.80 bits per heavy atom. The van der Waals surface area contributed by atoms with Gasteiger partial charge in [0.25, 0.3) is 0 Å². The molecule has 2 rings (SSSR count). The van der Waals surface area contributed by atoms with Gasteiger partial charge in [0.15, 0.2) is 5.82 Å². The van der Waals surface area contributed by atoms with Crippen molar-refractivity contribution in [2.45, 2.75) is 33.7 Å². The topological polar surface area (TPSA) is 80.9 Å². The van der Waals surface area contributed by atoms with Gasteiger partial charge in [-0.3, -0.25) is 4.79 Å². The second-order valence-electron chi connectivity index (χ2n) is 5.19.